The van der Waals surface area contributed by atoms with Crippen LogP contribution in [0.25, 0.3) is 16.8 Å². The van der Waals surface area contributed by atoms with E-state index in [-0.39, 0.29) is 0 Å². The molecule has 0 aromatic heterocycles. The molecular weight excluding hydrogens is 180 g/mol. The molecule has 0 atom stereocenters. The van der Waals surface area contributed by atoms with Crippen LogP contribution in [0, 0.1) is 13.8 Å². The fourth-order valence-corrected chi connectivity index (χ4v) is 2.14. The van der Waals surface area contributed by atoms with Crippen LogP contribution in [0.15, 0.2) is 36.4 Å². The summed E-state index contributed by atoms with van der Waals surface area (Å²) in [5, 5.41) is 2.69. The Labute approximate surface area is 91.2 Å². The van der Waals surface area contributed by atoms with Gasteiger partial charge < -0.3 is 0 Å². The van der Waals surface area contributed by atoms with Gasteiger partial charge in [-0.2, -0.15) is 0 Å². The van der Waals surface area contributed by atoms with E-state index in [1.165, 1.54) is 27.5 Å². The molecule has 15 heavy (non-hydrogen) atoms. The molecule has 0 saturated heterocycles. The van der Waals surface area contributed by atoms with Crippen LogP contribution >= 0.6 is 0 Å². The molecule has 0 aliphatic rings. The van der Waals surface area contributed by atoms with Crippen molar-refractivity contribution in [2.24, 2.45) is 0 Å². The first kappa shape index (κ1) is 9.97. The maximum Gasteiger partial charge on any atom is -0.0149 e. The van der Waals surface area contributed by atoms with E-state index in [9.17, 15) is 0 Å². The molecule has 2 aromatic carbocycles. The van der Waals surface area contributed by atoms with Gasteiger partial charge in [0.25, 0.3) is 0 Å². The van der Waals surface area contributed by atoms with Crippen molar-refractivity contribution in [2.75, 3.05) is 0 Å². The Hall–Kier alpha value is -1.56. The minimum atomic E-state index is 1.33. The van der Waals surface area contributed by atoms with Gasteiger partial charge in [0.2, 0.25) is 0 Å². The smallest absolute Gasteiger partial charge is 0.0149 e. The second-order valence-corrected chi connectivity index (χ2v) is 3.95. The molecule has 2 aromatic rings. The largest absolute Gasteiger partial charge is 0.0870 e. The van der Waals surface area contributed by atoms with E-state index in [1.54, 1.807) is 0 Å². The van der Waals surface area contributed by atoms with Crippen molar-refractivity contribution in [2.45, 2.75) is 20.8 Å². The summed E-state index contributed by atoms with van der Waals surface area (Å²) in [5.41, 5.74) is 4.09. The van der Waals surface area contributed by atoms with E-state index >= 15 is 0 Å². The predicted octanol–water partition coefficient (Wildman–Crippen LogP) is 4.49. The second-order valence-electron chi connectivity index (χ2n) is 3.95. The van der Waals surface area contributed by atoms with Gasteiger partial charge in [0.1, 0.15) is 0 Å². The molecule has 0 amide bonds. The molecule has 0 heterocycles. The molecule has 0 spiro atoms. The van der Waals surface area contributed by atoms with E-state index in [0.717, 1.165) is 0 Å². The number of fused-ring (bicyclic) bond motifs is 1. The number of benzene rings is 2. The van der Waals surface area contributed by atoms with Crippen LogP contribution in [-0.4, -0.2) is 0 Å². The summed E-state index contributed by atoms with van der Waals surface area (Å²) < 4.78 is 0. The molecule has 0 bridgehead atoms. The van der Waals surface area contributed by atoms with Crippen molar-refractivity contribution < 1.29 is 0 Å². The highest BCUT2D eigenvalue weighted by atomic mass is 14.1. The third-order valence-corrected chi connectivity index (χ3v) is 2.90. The molecule has 0 radical (unpaired) electrons. The first-order valence-electron chi connectivity index (χ1n) is 5.35. The molecule has 0 aliphatic carbocycles. The van der Waals surface area contributed by atoms with Crippen LogP contribution in [0.4, 0.5) is 0 Å². The summed E-state index contributed by atoms with van der Waals surface area (Å²) in [6, 6.07) is 10.8. The summed E-state index contributed by atoms with van der Waals surface area (Å²) in [4.78, 5) is 0. The Bertz CT molecular complexity index is 519. The highest BCUT2D eigenvalue weighted by Gasteiger charge is 2.03. The van der Waals surface area contributed by atoms with Gasteiger partial charge in [-0.3, -0.25) is 0 Å². The van der Waals surface area contributed by atoms with Gasteiger partial charge in [-0.25, -0.2) is 0 Å². The topological polar surface area (TPSA) is 0 Å². The zero-order chi connectivity index (χ0) is 10.8. The minimum absolute atomic E-state index is 1.33. The average molecular weight is 196 g/mol. The first-order chi connectivity index (χ1) is 7.24. The number of rotatable bonds is 1. The lowest BCUT2D eigenvalue weighted by molar-refractivity contribution is 1.39. The van der Waals surface area contributed by atoms with Crippen LogP contribution in [-0.2, 0) is 0 Å². The summed E-state index contributed by atoms with van der Waals surface area (Å²) >= 11 is 0. The van der Waals surface area contributed by atoms with E-state index < -0.39 is 0 Å². The Kier molecular flexibility index (Phi) is 2.59. The lowest BCUT2D eigenvalue weighted by atomic mass is 9.95. The number of allylic oxidation sites excluding steroid dienone is 1. The molecular formula is C15H16. The highest BCUT2D eigenvalue weighted by Crippen LogP contribution is 2.25. The fraction of sp³-hybridized carbons (Fsp3) is 0.200. The second kappa shape index (κ2) is 3.90. The third kappa shape index (κ3) is 1.68. The van der Waals surface area contributed by atoms with Crippen LogP contribution in [0.1, 0.15) is 23.6 Å². The maximum absolute atomic E-state index is 2.26. The molecule has 0 saturated carbocycles. The SMILES string of the molecule is CC=Cc1c(C)cc2ccccc2c1C. The zero-order valence-electron chi connectivity index (χ0n) is 9.54. The molecule has 2 rings (SSSR count). The molecule has 0 fully saturated rings. The average Bonchev–Trinajstić information content (AvgIpc) is 2.24. The van der Waals surface area contributed by atoms with Crippen molar-refractivity contribution in [3.05, 3.63) is 53.1 Å². The number of hydrogen-bond acceptors (Lipinski definition) is 0. The quantitative estimate of drug-likeness (QED) is 0.630. The minimum Gasteiger partial charge on any atom is -0.0870 e. The Morgan fingerprint density at radius 3 is 2.53 bits per heavy atom. The fourth-order valence-electron chi connectivity index (χ4n) is 2.14. The number of hydrogen-bond donors (Lipinski definition) is 0. The van der Waals surface area contributed by atoms with Gasteiger partial charge in [0.05, 0.1) is 0 Å². The highest BCUT2D eigenvalue weighted by molar-refractivity contribution is 5.89. The summed E-state index contributed by atoms with van der Waals surface area (Å²) in [6.45, 7) is 6.44. The molecule has 0 unspecified atom stereocenters. The zero-order valence-corrected chi connectivity index (χ0v) is 9.54. The Balaban J connectivity index is 2.83. The van der Waals surface area contributed by atoms with Crippen molar-refractivity contribution in [1.29, 1.82) is 0 Å². The summed E-state index contributed by atoms with van der Waals surface area (Å²) in [6.07, 6.45) is 4.29. The molecule has 0 aliphatic heterocycles. The van der Waals surface area contributed by atoms with E-state index in [1.807, 2.05) is 0 Å². The lowest BCUT2D eigenvalue weighted by Crippen LogP contribution is -1.88. The van der Waals surface area contributed by atoms with Crippen LogP contribution in [0.2, 0.25) is 0 Å². The van der Waals surface area contributed by atoms with Gasteiger partial charge in [0, 0.05) is 0 Å². The van der Waals surface area contributed by atoms with Crippen molar-refractivity contribution in [3.63, 3.8) is 0 Å². The molecule has 76 valence electrons. The molecule has 0 heteroatoms. The molecule has 0 N–H and O–H groups in total. The predicted molar refractivity (Wildman–Crippen MR) is 68.1 cm³/mol. The van der Waals surface area contributed by atoms with Crippen molar-refractivity contribution in [1.82, 2.24) is 0 Å². The number of aryl methyl sites for hydroxylation is 2. The van der Waals surface area contributed by atoms with Gasteiger partial charge in [-0.05, 0) is 48.2 Å². The molecule has 0 nitrogen and oxygen atoms in total. The van der Waals surface area contributed by atoms with Gasteiger partial charge in [-0.1, -0.05) is 42.5 Å². The third-order valence-electron chi connectivity index (χ3n) is 2.90. The normalized spacial score (nSPS) is 11.4. The first-order valence-corrected chi connectivity index (χ1v) is 5.35. The van der Waals surface area contributed by atoms with Crippen molar-refractivity contribution >= 4 is 16.8 Å². The van der Waals surface area contributed by atoms with Gasteiger partial charge in [-0.15, -0.1) is 0 Å². The van der Waals surface area contributed by atoms with E-state index in [0.29, 0.717) is 0 Å². The van der Waals surface area contributed by atoms with Crippen LogP contribution < -0.4 is 0 Å². The Morgan fingerprint density at radius 1 is 1.07 bits per heavy atom. The lowest BCUT2D eigenvalue weighted by Gasteiger charge is -2.09. The van der Waals surface area contributed by atoms with E-state index in [4.69, 9.17) is 0 Å². The summed E-state index contributed by atoms with van der Waals surface area (Å²) in [5.74, 6) is 0. The Morgan fingerprint density at radius 2 is 1.80 bits per heavy atom. The van der Waals surface area contributed by atoms with Crippen LogP contribution in [0.5, 0.6) is 0 Å². The van der Waals surface area contributed by atoms with Gasteiger partial charge >= 0.3 is 0 Å². The maximum atomic E-state index is 2.26. The van der Waals surface area contributed by atoms with Gasteiger partial charge in [0.15, 0.2) is 0 Å². The van der Waals surface area contributed by atoms with Crippen LogP contribution in [0.3, 0.4) is 0 Å². The summed E-state index contributed by atoms with van der Waals surface area (Å²) in [7, 11) is 0. The van der Waals surface area contributed by atoms with E-state index in [2.05, 4.69) is 63.3 Å². The standard InChI is InChI=1S/C15H16/c1-4-7-14-11(2)10-13-8-5-6-9-15(13)12(14)3/h4-10H,1-3H3. The monoisotopic (exact) mass is 196 g/mol. The van der Waals surface area contributed by atoms with Crippen molar-refractivity contribution in [3.8, 4) is 0 Å².